The van der Waals surface area contributed by atoms with Gasteiger partial charge in [-0.05, 0) is 18.9 Å². The molecule has 0 aromatic carbocycles. The summed E-state index contributed by atoms with van der Waals surface area (Å²) in [6.07, 6.45) is 7.85. The lowest BCUT2D eigenvalue weighted by Crippen LogP contribution is -2.59. The van der Waals surface area contributed by atoms with Gasteiger partial charge in [-0.3, -0.25) is 4.79 Å². The third-order valence-corrected chi connectivity index (χ3v) is 3.65. The van der Waals surface area contributed by atoms with Gasteiger partial charge in [0.25, 0.3) is 0 Å². The number of hydrogen-bond acceptors (Lipinski definition) is 2. The molecule has 1 aromatic rings. The van der Waals surface area contributed by atoms with Gasteiger partial charge < -0.3 is 9.73 Å². The van der Waals surface area contributed by atoms with Crippen molar-refractivity contribution < 1.29 is 9.21 Å². The van der Waals surface area contributed by atoms with Crippen LogP contribution in [0.1, 0.15) is 37.3 Å². The number of amides is 1. The Kier molecular flexibility index (Phi) is 1.52. The highest BCUT2D eigenvalue weighted by molar-refractivity contribution is 5.90. The second-order valence-corrected chi connectivity index (χ2v) is 4.33. The minimum absolute atomic E-state index is 0.0934. The van der Waals surface area contributed by atoms with Crippen LogP contribution in [0.5, 0.6) is 0 Å². The summed E-state index contributed by atoms with van der Waals surface area (Å²) in [5, 5.41) is 2.98. The molecule has 0 bridgehead atoms. The van der Waals surface area contributed by atoms with Crippen LogP contribution in [-0.2, 0) is 4.79 Å². The predicted octanol–water partition coefficient (Wildman–Crippen LogP) is 2.01. The summed E-state index contributed by atoms with van der Waals surface area (Å²) in [5.41, 5.74) is 1.02. The van der Waals surface area contributed by atoms with Crippen molar-refractivity contribution in [1.29, 1.82) is 0 Å². The summed E-state index contributed by atoms with van der Waals surface area (Å²) in [4.78, 5) is 11.6. The van der Waals surface area contributed by atoms with Gasteiger partial charge in [0.15, 0.2) is 0 Å². The average molecular weight is 191 g/mol. The molecule has 1 unspecified atom stereocenters. The Bertz CT molecular complexity index is 349. The number of nitrogens with one attached hydrogen (secondary N) is 1. The zero-order chi connectivity index (χ0) is 9.60. The highest BCUT2D eigenvalue weighted by atomic mass is 16.3. The van der Waals surface area contributed by atoms with Crippen LogP contribution in [0.4, 0.5) is 0 Å². The molecule has 1 spiro atoms. The van der Waals surface area contributed by atoms with Crippen LogP contribution < -0.4 is 5.32 Å². The fraction of sp³-hybridized carbons (Fsp3) is 0.545. The maximum absolute atomic E-state index is 11.6. The van der Waals surface area contributed by atoms with Gasteiger partial charge in [-0.1, -0.05) is 12.8 Å². The van der Waals surface area contributed by atoms with E-state index in [4.69, 9.17) is 4.42 Å². The van der Waals surface area contributed by atoms with Crippen molar-refractivity contribution in [2.24, 2.45) is 5.41 Å². The second kappa shape index (κ2) is 2.62. The maximum atomic E-state index is 11.6. The van der Waals surface area contributed by atoms with Gasteiger partial charge in [0.2, 0.25) is 5.91 Å². The van der Waals surface area contributed by atoms with E-state index >= 15 is 0 Å². The number of β-lactam (4-membered cyclic amide) rings is 1. The van der Waals surface area contributed by atoms with E-state index in [2.05, 4.69) is 5.32 Å². The molecule has 1 amide bonds. The standard InChI is InChI=1S/C11H13NO2/c13-10-11(4-1-2-5-11)9(12-10)8-3-6-14-7-8/h3,6-7,9H,1-2,4-5H2,(H,12,13). The zero-order valence-corrected chi connectivity index (χ0v) is 7.95. The lowest BCUT2D eigenvalue weighted by molar-refractivity contribution is -0.145. The van der Waals surface area contributed by atoms with E-state index in [-0.39, 0.29) is 17.4 Å². The fourth-order valence-electron chi connectivity index (χ4n) is 2.83. The summed E-state index contributed by atoms with van der Waals surface area (Å²) in [5.74, 6) is 0.237. The van der Waals surface area contributed by atoms with E-state index in [1.807, 2.05) is 6.07 Å². The highest BCUT2D eigenvalue weighted by Gasteiger charge is 2.56. The van der Waals surface area contributed by atoms with E-state index in [0.29, 0.717) is 0 Å². The normalized spacial score (nSPS) is 28.9. The third kappa shape index (κ3) is 0.846. The minimum Gasteiger partial charge on any atom is -0.472 e. The highest BCUT2D eigenvalue weighted by Crippen LogP contribution is 2.53. The molecule has 1 N–H and O–H groups in total. The van der Waals surface area contributed by atoms with Gasteiger partial charge in [0.05, 0.1) is 24.0 Å². The van der Waals surface area contributed by atoms with Crippen molar-refractivity contribution in [3.63, 3.8) is 0 Å². The lowest BCUT2D eigenvalue weighted by Gasteiger charge is -2.46. The van der Waals surface area contributed by atoms with E-state index in [1.54, 1.807) is 12.5 Å². The third-order valence-electron chi connectivity index (χ3n) is 3.65. The molecular weight excluding hydrogens is 178 g/mol. The molecule has 0 radical (unpaired) electrons. The summed E-state index contributed by atoms with van der Waals surface area (Å²) in [6.45, 7) is 0. The van der Waals surface area contributed by atoms with E-state index in [9.17, 15) is 4.79 Å². The Balaban J connectivity index is 1.93. The Morgan fingerprint density at radius 2 is 2.21 bits per heavy atom. The molecule has 2 aliphatic rings. The quantitative estimate of drug-likeness (QED) is 0.690. The summed E-state index contributed by atoms with van der Waals surface area (Å²) < 4.78 is 5.06. The van der Waals surface area contributed by atoms with Crippen molar-refractivity contribution >= 4 is 5.91 Å². The fourth-order valence-corrected chi connectivity index (χ4v) is 2.83. The first-order valence-corrected chi connectivity index (χ1v) is 5.16. The molecule has 1 aromatic heterocycles. The van der Waals surface area contributed by atoms with Gasteiger partial charge in [-0.25, -0.2) is 0 Å². The Morgan fingerprint density at radius 3 is 2.79 bits per heavy atom. The van der Waals surface area contributed by atoms with Crippen molar-refractivity contribution in [3.05, 3.63) is 24.2 Å². The van der Waals surface area contributed by atoms with Gasteiger partial charge >= 0.3 is 0 Å². The van der Waals surface area contributed by atoms with Crippen LogP contribution in [0.15, 0.2) is 23.0 Å². The molecule has 3 nitrogen and oxygen atoms in total. The van der Waals surface area contributed by atoms with Crippen LogP contribution in [0, 0.1) is 5.41 Å². The van der Waals surface area contributed by atoms with Crippen LogP contribution in [0.3, 0.4) is 0 Å². The first-order valence-electron chi connectivity index (χ1n) is 5.16. The van der Waals surface area contributed by atoms with Crippen molar-refractivity contribution in [2.75, 3.05) is 0 Å². The largest absolute Gasteiger partial charge is 0.472 e. The van der Waals surface area contributed by atoms with Crippen LogP contribution in [0.2, 0.25) is 0 Å². The van der Waals surface area contributed by atoms with Gasteiger partial charge in [-0.15, -0.1) is 0 Å². The zero-order valence-electron chi connectivity index (χ0n) is 7.95. The molecule has 3 heteroatoms. The first-order chi connectivity index (χ1) is 6.83. The lowest BCUT2D eigenvalue weighted by atomic mass is 9.69. The van der Waals surface area contributed by atoms with Gasteiger partial charge in [0.1, 0.15) is 0 Å². The predicted molar refractivity (Wildman–Crippen MR) is 50.5 cm³/mol. The molecule has 2 fully saturated rings. The second-order valence-electron chi connectivity index (χ2n) is 4.33. The molecule has 1 saturated heterocycles. The SMILES string of the molecule is O=C1NC(c2ccoc2)C12CCCC2. The number of rotatable bonds is 1. The molecular formula is C11H13NO2. The topological polar surface area (TPSA) is 42.2 Å². The van der Waals surface area contributed by atoms with Crippen molar-refractivity contribution in [3.8, 4) is 0 Å². The van der Waals surface area contributed by atoms with Crippen molar-refractivity contribution in [1.82, 2.24) is 5.32 Å². The Morgan fingerprint density at radius 1 is 1.43 bits per heavy atom. The van der Waals surface area contributed by atoms with E-state index in [0.717, 1.165) is 18.4 Å². The number of carbonyl (C=O) groups is 1. The summed E-state index contributed by atoms with van der Waals surface area (Å²) in [6, 6.07) is 2.15. The number of hydrogen-bond donors (Lipinski definition) is 1. The van der Waals surface area contributed by atoms with Crippen molar-refractivity contribution in [2.45, 2.75) is 31.7 Å². The summed E-state index contributed by atoms with van der Waals surface area (Å²) in [7, 11) is 0. The maximum Gasteiger partial charge on any atom is 0.229 e. The average Bonchev–Trinajstić information content (AvgIpc) is 2.85. The molecule has 74 valence electrons. The Labute approximate surface area is 82.5 Å². The molecule has 1 aliphatic carbocycles. The Hall–Kier alpha value is -1.25. The number of carbonyl (C=O) groups excluding carboxylic acids is 1. The van der Waals surface area contributed by atoms with E-state index < -0.39 is 0 Å². The molecule has 1 atom stereocenters. The van der Waals surface area contributed by atoms with Crippen LogP contribution in [-0.4, -0.2) is 5.91 Å². The molecule has 1 saturated carbocycles. The van der Waals surface area contributed by atoms with Crippen LogP contribution >= 0.6 is 0 Å². The smallest absolute Gasteiger partial charge is 0.229 e. The monoisotopic (exact) mass is 191 g/mol. The summed E-state index contributed by atoms with van der Waals surface area (Å²) >= 11 is 0. The van der Waals surface area contributed by atoms with Gasteiger partial charge in [0, 0.05) is 5.56 Å². The molecule has 2 heterocycles. The van der Waals surface area contributed by atoms with E-state index in [1.165, 1.54) is 12.8 Å². The molecule has 3 rings (SSSR count). The molecule has 14 heavy (non-hydrogen) atoms. The minimum atomic E-state index is -0.0934. The van der Waals surface area contributed by atoms with Gasteiger partial charge in [-0.2, -0.15) is 0 Å². The molecule has 1 aliphatic heterocycles. The van der Waals surface area contributed by atoms with Crippen LogP contribution in [0.25, 0.3) is 0 Å². The number of furan rings is 1. The first kappa shape index (κ1) is 8.09.